The van der Waals surface area contributed by atoms with Gasteiger partial charge < -0.3 is 10.4 Å². The van der Waals surface area contributed by atoms with E-state index in [1.807, 2.05) is 0 Å². The number of thioether (sulfide) groups is 1. The zero-order chi connectivity index (χ0) is 25.1. The molecular weight excluding hydrogens is 524 g/mol. The maximum Gasteiger partial charge on any atom is 0.352 e. The lowest BCUT2D eigenvalue weighted by molar-refractivity contribution is -0.133. The highest BCUT2D eigenvalue weighted by atomic mass is 32.2. The Kier molecular flexibility index (Phi) is 5.95. The fourth-order valence-electron chi connectivity index (χ4n) is 3.57. The number of hydrogen-bond donors (Lipinski definition) is 3. The Morgan fingerprint density at radius 2 is 1.85 bits per heavy atom. The molecule has 0 aliphatic carbocycles. The molecule has 2 aromatic carbocycles. The number of carbonyl (C=O) groups is 1. The van der Waals surface area contributed by atoms with Gasteiger partial charge >= 0.3 is 5.97 Å². The zero-order valence-electron chi connectivity index (χ0n) is 18.0. The van der Waals surface area contributed by atoms with Crippen molar-refractivity contribution in [3.05, 3.63) is 64.4 Å². The van der Waals surface area contributed by atoms with Gasteiger partial charge in [0.05, 0.1) is 10.6 Å². The van der Waals surface area contributed by atoms with Gasteiger partial charge in [0.25, 0.3) is 10.0 Å². The highest BCUT2D eigenvalue weighted by Gasteiger charge is 2.35. The average Bonchev–Trinajstić information content (AvgIpc) is 3.29. The predicted molar refractivity (Wildman–Crippen MR) is 131 cm³/mol. The standard InChI is InChI=1S/C21H19FN2O6S4/c1-11-14-9-13(22)5-7-17(14)32-20(11)34(29,30)24-15-6-4-12(8-18(15)33(3,27)28)21(2)23-16(10-31-21)19(25)26/h4-10,23-24H,1-3H3,(H,25,26). The average molecular weight is 543 g/mol. The van der Waals surface area contributed by atoms with Crippen molar-refractivity contribution in [3.8, 4) is 0 Å². The molecule has 1 aliphatic heterocycles. The van der Waals surface area contributed by atoms with E-state index in [-0.39, 0.29) is 20.5 Å². The molecule has 3 aromatic rings. The van der Waals surface area contributed by atoms with Crippen molar-refractivity contribution in [2.45, 2.75) is 27.8 Å². The summed E-state index contributed by atoms with van der Waals surface area (Å²) in [6.07, 6.45) is 0.954. The largest absolute Gasteiger partial charge is 0.477 e. The molecule has 2 heterocycles. The molecule has 13 heteroatoms. The third-order valence-corrected chi connectivity index (χ3v) is 10.8. The molecule has 1 aliphatic rings. The number of hydrogen-bond acceptors (Lipinski definition) is 8. The minimum absolute atomic E-state index is 0.0325. The highest BCUT2D eigenvalue weighted by Crippen LogP contribution is 2.42. The van der Waals surface area contributed by atoms with Gasteiger partial charge in [0.1, 0.15) is 20.6 Å². The van der Waals surface area contributed by atoms with E-state index < -0.39 is 36.5 Å². The van der Waals surface area contributed by atoms with Crippen molar-refractivity contribution in [3.63, 3.8) is 0 Å². The van der Waals surface area contributed by atoms with Gasteiger partial charge in [-0.15, -0.1) is 11.3 Å². The van der Waals surface area contributed by atoms with E-state index in [0.717, 1.165) is 29.4 Å². The SMILES string of the molecule is Cc1c(S(=O)(=O)Nc2ccc(C3(C)NC(C(=O)O)=CS3)cc2S(C)(=O)=O)sc2ccc(F)cc12. The first-order valence-electron chi connectivity index (χ1n) is 9.67. The Hall–Kier alpha value is -2.61. The predicted octanol–water partition coefficient (Wildman–Crippen LogP) is 3.99. The van der Waals surface area contributed by atoms with E-state index in [4.69, 9.17) is 0 Å². The maximum absolute atomic E-state index is 13.6. The van der Waals surface area contributed by atoms with Gasteiger partial charge in [0, 0.05) is 16.4 Å². The monoisotopic (exact) mass is 542 g/mol. The molecule has 1 atom stereocenters. The lowest BCUT2D eigenvalue weighted by Crippen LogP contribution is -2.34. The van der Waals surface area contributed by atoms with E-state index in [2.05, 4.69) is 10.0 Å². The van der Waals surface area contributed by atoms with Crippen molar-refractivity contribution < 1.29 is 31.1 Å². The van der Waals surface area contributed by atoms with Crippen molar-refractivity contribution in [2.75, 3.05) is 11.0 Å². The highest BCUT2D eigenvalue weighted by molar-refractivity contribution is 8.03. The van der Waals surface area contributed by atoms with Crippen LogP contribution in [-0.4, -0.2) is 34.2 Å². The fraction of sp³-hybridized carbons (Fsp3) is 0.190. The van der Waals surface area contributed by atoms with Crippen molar-refractivity contribution in [1.29, 1.82) is 0 Å². The van der Waals surface area contributed by atoms with Crippen molar-refractivity contribution in [2.24, 2.45) is 0 Å². The number of fused-ring (bicyclic) bond motifs is 1. The van der Waals surface area contributed by atoms with Gasteiger partial charge in [-0.3, -0.25) is 4.72 Å². The molecule has 1 unspecified atom stereocenters. The van der Waals surface area contributed by atoms with Crippen molar-refractivity contribution in [1.82, 2.24) is 5.32 Å². The van der Waals surface area contributed by atoms with Crippen LogP contribution in [0.25, 0.3) is 10.1 Å². The molecule has 0 amide bonds. The fourth-order valence-corrected chi connectivity index (χ4v) is 8.26. The molecule has 3 N–H and O–H groups in total. The second kappa shape index (κ2) is 8.26. The summed E-state index contributed by atoms with van der Waals surface area (Å²) in [7, 11) is -8.08. The Balaban J connectivity index is 1.75. The van der Waals surface area contributed by atoms with E-state index in [1.54, 1.807) is 13.8 Å². The summed E-state index contributed by atoms with van der Waals surface area (Å²) in [4.78, 5) is 10.0. The van der Waals surface area contributed by atoms with Gasteiger partial charge in [-0.05, 0) is 60.7 Å². The minimum atomic E-state index is -4.20. The molecule has 34 heavy (non-hydrogen) atoms. The Bertz CT molecular complexity index is 1590. The molecule has 0 radical (unpaired) electrons. The molecule has 4 rings (SSSR count). The molecule has 0 bridgehead atoms. The molecule has 0 fully saturated rings. The van der Waals surface area contributed by atoms with Crippen LogP contribution in [-0.2, 0) is 29.5 Å². The first-order chi connectivity index (χ1) is 15.7. The van der Waals surface area contributed by atoms with Crippen LogP contribution in [0.5, 0.6) is 0 Å². The van der Waals surface area contributed by atoms with Gasteiger partial charge in [-0.1, -0.05) is 17.8 Å². The van der Waals surface area contributed by atoms with E-state index >= 15 is 0 Å². The third kappa shape index (κ3) is 4.40. The lowest BCUT2D eigenvalue weighted by Gasteiger charge is -2.26. The summed E-state index contributed by atoms with van der Waals surface area (Å²) in [6.45, 7) is 3.25. The third-order valence-electron chi connectivity index (χ3n) is 5.29. The summed E-state index contributed by atoms with van der Waals surface area (Å²) in [6, 6.07) is 8.16. The topological polar surface area (TPSA) is 130 Å². The molecule has 0 saturated heterocycles. The summed E-state index contributed by atoms with van der Waals surface area (Å²) in [5.41, 5.74) is 0.625. The molecule has 0 saturated carbocycles. The molecule has 8 nitrogen and oxygen atoms in total. The number of carboxylic acid groups (broad SMARTS) is 1. The minimum Gasteiger partial charge on any atom is -0.477 e. The van der Waals surface area contributed by atoms with Crippen LogP contribution >= 0.6 is 23.1 Å². The van der Waals surface area contributed by atoms with E-state index in [0.29, 0.717) is 21.2 Å². The second-order valence-electron chi connectivity index (χ2n) is 7.86. The second-order valence-corrected chi connectivity index (χ2v) is 14.1. The number of rotatable bonds is 6. The normalized spacial score (nSPS) is 18.5. The number of aliphatic carboxylic acids is 1. The van der Waals surface area contributed by atoms with E-state index in [9.17, 15) is 31.1 Å². The van der Waals surface area contributed by atoms with Gasteiger partial charge in [-0.25, -0.2) is 26.0 Å². The quantitative estimate of drug-likeness (QED) is 0.426. The first-order valence-corrected chi connectivity index (χ1v) is 14.7. The first kappa shape index (κ1) is 24.5. The van der Waals surface area contributed by atoms with Gasteiger partial charge in [0.15, 0.2) is 9.84 Å². The summed E-state index contributed by atoms with van der Waals surface area (Å²) < 4.78 is 68.1. The van der Waals surface area contributed by atoms with Crippen LogP contribution in [0, 0.1) is 12.7 Å². The number of anilines is 1. The number of nitrogens with one attached hydrogen (secondary N) is 2. The summed E-state index contributed by atoms with van der Waals surface area (Å²) in [5.74, 6) is -1.64. The van der Waals surface area contributed by atoms with Gasteiger partial charge in [-0.2, -0.15) is 0 Å². The molecular formula is C21H19FN2O6S4. The Morgan fingerprint density at radius 3 is 2.47 bits per heavy atom. The smallest absolute Gasteiger partial charge is 0.352 e. The maximum atomic E-state index is 13.6. The van der Waals surface area contributed by atoms with Crippen LogP contribution in [0.4, 0.5) is 10.1 Å². The van der Waals surface area contributed by atoms with Crippen LogP contribution in [0.15, 0.2) is 56.6 Å². The van der Waals surface area contributed by atoms with E-state index in [1.165, 1.54) is 41.8 Å². The zero-order valence-corrected chi connectivity index (χ0v) is 21.3. The van der Waals surface area contributed by atoms with Crippen LogP contribution in [0.3, 0.4) is 0 Å². The number of carboxylic acids is 1. The molecule has 1 aromatic heterocycles. The van der Waals surface area contributed by atoms with Crippen LogP contribution in [0.1, 0.15) is 18.1 Å². The lowest BCUT2D eigenvalue weighted by atomic mass is 10.1. The number of sulfonamides is 1. The summed E-state index contributed by atoms with van der Waals surface area (Å²) >= 11 is 2.11. The summed E-state index contributed by atoms with van der Waals surface area (Å²) in [5, 5.41) is 13.9. The number of halogens is 1. The van der Waals surface area contributed by atoms with Gasteiger partial charge in [0.2, 0.25) is 0 Å². The van der Waals surface area contributed by atoms with Crippen LogP contribution < -0.4 is 10.0 Å². The number of aryl methyl sites for hydroxylation is 1. The van der Waals surface area contributed by atoms with Crippen molar-refractivity contribution >= 4 is 64.7 Å². The number of sulfone groups is 1. The molecule has 0 spiro atoms. The number of benzene rings is 2. The van der Waals surface area contributed by atoms with Crippen LogP contribution in [0.2, 0.25) is 0 Å². The Morgan fingerprint density at radius 1 is 1.15 bits per heavy atom. The Labute approximate surface area is 203 Å². The number of thiophene rings is 1. The molecule has 180 valence electrons.